The van der Waals surface area contributed by atoms with Crippen LogP contribution in [0.4, 0.5) is 4.39 Å². The first-order valence-electron chi connectivity index (χ1n) is 7.93. The Morgan fingerprint density at radius 1 is 1.23 bits per heavy atom. The summed E-state index contributed by atoms with van der Waals surface area (Å²) in [6, 6.07) is 5.28. The van der Waals surface area contributed by atoms with E-state index in [1.807, 2.05) is 11.4 Å². The van der Waals surface area contributed by atoms with Crippen molar-refractivity contribution in [3.8, 4) is 0 Å². The molecule has 1 aromatic carbocycles. The lowest BCUT2D eigenvalue weighted by atomic mass is 9.78. The van der Waals surface area contributed by atoms with E-state index >= 15 is 0 Å². The molecule has 0 fully saturated rings. The van der Waals surface area contributed by atoms with Gasteiger partial charge in [0.25, 0.3) is 0 Å². The molecule has 7 heteroatoms. The van der Waals surface area contributed by atoms with Gasteiger partial charge in [0.1, 0.15) is 5.82 Å². The Kier molecular flexibility index (Phi) is 6.28. The molecule has 0 saturated heterocycles. The van der Waals surface area contributed by atoms with Crippen LogP contribution >= 0.6 is 11.3 Å². The number of halogens is 1. The Morgan fingerprint density at radius 3 is 2.46 bits per heavy atom. The van der Waals surface area contributed by atoms with Gasteiger partial charge in [0.05, 0.1) is 0 Å². The molecule has 3 rings (SSSR count). The molecule has 26 heavy (non-hydrogen) atoms. The summed E-state index contributed by atoms with van der Waals surface area (Å²) < 4.78 is 14.9. The summed E-state index contributed by atoms with van der Waals surface area (Å²) in [6.45, 7) is 6.20. The molecule has 0 atom stereocenters. The first-order valence-corrected chi connectivity index (χ1v) is 8.81. The SMILES string of the molecule is CC1(C)CNCC=C1c1cc(F)cc2ccsc12.O=C(O)C=CC(=O)O. The van der Waals surface area contributed by atoms with E-state index in [0.717, 1.165) is 24.0 Å². The van der Waals surface area contributed by atoms with Crippen LogP contribution in [0.25, 0.3) is 15.7 Å². The van der Waals surface area contributed by atoms with Gasteiger partial charge >= 0.3 is 11.9 Å². The van der Waals surface area contributed by atoms with E-state index in [2.05, 4.69) is 25.2 Å². The van der Waals surface area contributed by atoms with Crippen LogP contribution in [0.1, 0.15) is 19.4 Å². The van der Waals surface area contributed by atoms with Gasteiger partial charge in [0, 0.05) is 35.4 Å². The quantitative estimate of drug-likeness (QED) is 0.709. The minimum Gasteiger partial charge on any atom is -0.478 e. The van der Waals surface area contributed by atoms with E-state index in [1.54, 1.807) is 23.5 Å². The highest BCUT2D eigenvalue weighted by atomic mass is 32.1. The van der Waals surface area contributed by atoms with Crippen molar-refractivity contribution in [3.63, 3.8) is 0 Å². The second-order valence-electron chi connectivity index (χ2n) is 6.43. The zero-order valence-corrected chi connectivity index (χ0v) is 15.3. The van der Waals surface area contributed by atoms with Gasteiger partial charge in [-0.15, -0.1) is 11.3 Å². The number of aliphatic carboxylic acids is 2. The normalized spacial score (nSPS) is 16.0. The fourth-order valence-electron chi connectivity index (χ4n) is 2.79. The van der Waals surface area contributed by atoms with Gasteiger partial charge in [-0.1, -0.05) is 19.9 Å². The monoisotopic (exact) mass is 377 g/mol. The lowest BCUT2D eigenvalue weighted by Crippen LogP contribution is -2.35. The van der Waals surface area contributed by atoms with Crippen molar-refractivity contribution in [1.29, 1.82) is 0 Å². The molecule has 5 nitrogen and oxygen atoms in total. The van der Waals surface area contributed by atoms with Crippen LogP contribution in [0, 0.1) is 11.2 Å². The minimum atomic E-state index is -1.26. The summed E-state index contributed by atoms with van der Waals surface area (Å²) in [5.41, 5.74) is 2.36. The third-order valence-corrected chi connectivity index (χ3v) is 4.88. The predicted octanol–water partition coefficient (Wildman–Crippen LogP) is 3.77. The number of carbonyl (C=O) groups is 2. The Hall–Kier alpha value is -2.51. The smallest absolute Gasteiger partial charge is 0.328 e. The van der Waals surface area contributed by atoms with Gasteiger partial charge in [-0.05, 0) is 40.1 Å². The topological polar surface area (TPSA) is 86.6 Å². The summed E-state index contributed by atoms with van der Waals surface area (Å²) in [6.07, 6.45) is 3.31. The largest absolute Gasteiger partial charge is 0.478 e. The van der Waals surface area contributed by atoms with Gasteiger partial charge in [-0.25, -0.2) is 14.0 Å². The number of hydrogen-bond donors (Lipinski definition) is 3. The van der Waals surface area contributed by atoms with E-state index in [0.29, 0.717) is 12.2 Å². The van der Waals surface area contributed by atoms with Crippen LogP contribution in [0.15, 0.2) is 41.8 Å². The third kappa shape index (κ3) is 5.00. The van der Waals surface area contributed by atoms with Crippen molar-refractivity contribution in [2.75, 3.05) is 13.1 Å². The molecule has 0 saturated carbocycles. The zero-order chi connectivity index (χ0) is 19.3. The number of nitrogens with one attached hydrogen (secondary N) is 1. The number of thiophene rings is 1. The maximum atomic E-state index is 13.7. The van der Waals surface area contributed by atoms with Crippen molar-refractivity contribution in [2.24, 2.45) is 5.41 Å². The van der Waals surface area contributed by atoms with E-state index in [-0.39, 0.29) is 11.2 Å². The van der Waals surface area contributed by atoms with Crippen molar-refractivity contribution >= 4 is 38.9 Å². The highest BCUT2D eigenvalue weighted by Gasteiger charge is 2.28. The van der Waals surface area contributed by atoms with Crippen LogP contribution in [0.5, 0.6) is 0 Å². The van der Waals surface area contributed by atoms with Crippen molar-refractivity contribution in [3.05, 3.63) is 53.2 Å². The predicted molar refractivity (Wildman–Crippen MR) is 101 cm³/mol. The van der Waals surface area contributed by atoms with Crippen LogP contribution in [-0.4, -0.2) is 35.2 Å². The molecule has 0 spiro atoms. The Labute approximate surface area is 154 Å². The molecule has 1 aliphatic rings. The van der Waals surface area contributed by atoms with Crippen LogP contribution in [-0.2, 0) is 9.59 Å². The second kappa shape index (κ2) is 8.25. The molecule has 138 valence electrons. The maximum Gasteiger partial charge on any atom is 0.328 e. The molecular formula is C19H20FNO4S. The molecule has 0 unspecified atom stereocenters. The number of carboxylic acid groups (broad SMARTS) is 2. The van der Waals surface area contributed by atoms with Gasteiger partial charge in [0.15, 0.2) is 0 Å². The molecule has 2 aromatic rings. The maximum absolute atomic E-state index is 13.7. The second-order valence-corrected chi connectivity index (χ2v) is 7.35. The minimum absolute atomic E-state index is 0.0446. The molecule has 1 aliphatic heterocycles. The molecule has 1 aromatic heterocycles. The number of carboxylic acids is 2. The third-order valence-electron chi connectivity index (χ3n) is 3.92. The number of rotatable bonds is 3. The lowest BCUT2D eigenvalue weighted by Gasteiger charge is -2.33. The molecular weight excluding hydrogens is 357 g/mol. The van der Waals surface area contributed by atoms with Gasteiger partial charge in [-0.2, -0.15) is 0 Å². The van der Waals surface area contributed by atoms with Gasteiger partial charge in [0.2, 0.25) is 0 Å². The summed E-state index contributed by atoms with van der Waals surface area (Å²) >= 11 is 1.69. The molecule has 2 heterocycles. The van der Waals surface area contributed by atoms with Crippen molar-refractivity contribution in [2.45, 2.75) is 13.8 Å². The zero-order valence-electron chi connectivity index (χ0n) is 14.5. The van der Waals surface area contributed by atoms with Crippen LogP contribution in [0.3, 0.4) is 0 Å². The van der Waals surface area contributed by atoms with Gasteiger partial charge < -0.3 is 15.5 Å². The Morgan fingerprint density at radius 2 is 1.88 bits per heavy atom. The van der Waals surface area contributed by atoms with E-state index in [9.17, 15) is 14.0 Å². The van der Waals surface area contributed by atoms with E-state index in [4.69, 9.17) is 10.2 Å². The van der Waals surface area contributed by atoms with Crippen LogP contribution < -0.4 is 5.32 Å². The standard InChI is InChI=1S/C15H16FNS.C4H4O4/c1-15(2)9-17-5-3-13(15)12-8-11(16)7-10-4-6-18-14(10)12;5-3(6)1-2-4(7)8/h3-4,6-8,17H,5,9H2,1-2H3;1-2H,(H,5,6)(H,7,8). The lowest BCUT2D eigenvalue weighted by molar-refractivity contribution is -0.134. The first-order chi connectivity index (χ1) is 12.2. The Balaban J connectivity index is 0.000000260. The Bertz CT molecular complexity index is 867. The number of fused-ring (bicyclic) bond motifs is 1. The van der Waals surface area contributed by atoms with Gasteiger partial charge in [-0.3, -0.25) is 0 Å². The summed E-state index contributed by atoms with van der Waals surface area (Å²) in [7, 11) is 0. The highest BCUT2D eigenvalue weighted by Crippen LogP contribution is 2.40. The molecule has 0 amide bonds. The van der Waals surface area contributed by atoms with Crippen LogP contribution in [0.2, 0.25) is 0 Å². The average Bonchev–Trinajstić information content (AvgIpc) is 3.01. The molecule has 3 N–H and O–H groups in total. The van der Waals surface area contributed by atoms with E-state index in [1.165, 1.54) is 10.3 Å². The van der Waals surface area contributed by atoms with Crippen molar-refractivity contribution < 1.29 is 24.2 Å². The summed E-state index contributed by atoms with van der Waals surface area (Å²) in [5, 5.41) is 22.0. The molecule has 0 radical (unpaired) electrons. The fourth-order valence-corrected chi connectivity index (χ4v) is 3.70. The fraction of sp³-hybridized carbons (Fsp3) is 0.263. The molecule has 0 bridgehead atoms. The number of hydrogen-bond acceptors (Lipinski definition) is 4. The summed E-state index contributed by atoms with van der Waals surface area (Å²) in [5.74, 6) is -2.66. The van der Waals surface area contributed by atoms with E-state index < -0.39 is 11.9 Å². The number of benzene rings is 1. The average molecular weight is 377 g/mol. The molecule has 0 aliphatic carbocycles. The van der Waals surface area contributed by atoms with Crippen molar-refractivity contribution in [1.82, 2.24) is 5.32 Å². The first kappa shape index (κ1) is 19.8. The summed E-state index contributed by atoms with van der Waals surface area (Å²) in [4.78, 5) is 19.1. The highest BCUT2D eigenvalue weighted by molar-refractivity contribution is 7.17.